The molecule has 1 fully saturated rings. The zero-order valence-electron chi connectivity index (χ0n) is 26.2. The van der Waals surface area contributed by atoms with Gasteiger partial charge in [0.2, 0.25) is 5.78 Å². The van der Waals surface area contributed by atoms with Crippen molar-refractivity contribution in [3.05, 3.63) is 101 Å². The lowest BCUT2D eigenvalue weighted by molar-refractivity contribution is -0.0763. The van der Waals surface area contributed by atoms with E-state index in [9.17, 15) is 19.8 Å². The number of aliphatic hydroxyl groups is 2. The van der Waals surface area contributed by atoms with Crippen molar-refractivity contribution in [1.82, 2.24) is 4.90 Å². The number of carbonyl (C=O) groups excluding carboxylic acids is 2. The van der Waals surface area contributed by atoms with Crippen LogP contribution in [0.2, 0.25) is 0 Å². The number of para-hydroxylation sites is 1. The minimum atomic E-state index is -1.18. The first-order valence-electron chi connectivity index (χ1n) is 16.0. The van der Waals surface area contributed by atoms with Crippen LogP contribution in [0.1, 0.15) is 98.9 Å². The van der Waals surface area contributed by atoms with Gasteiger partial charge in [0.05, 0.1) is 24.5 Å². The summed E-state index contributed by atoms with van der Waals surface area (Å²) in [4.78, 5) is 29.1. The summed E-state index contributed by atoms with van der Waals surface area (Å²) in [6.07, 6.45) is 8.48. The molecule has 7 heteroatoms. The summed E-state index contributed by atoms with van der Waals surface area (Å²) in [6, 6.07) is 18.5. The number of rotatable bonds is 7. The molecule has 0 saturated heterocycles. The first-order valence-corrected chi connectivity index (χ1v) is 16.0. The Hall–Kier alpha value is -3.68. The number of anilines is 1. The van der Waals surface area contributed by atoms with Gasteiger partial charge in [0.1, 0.15) is 0 Å². The zero-order valence-corrected chi connectivity index (χ0v) is 26.2. The normalized spacial score (nSPS) is 25.5. The average Bonchev–Trinajstić information content (AvgIpc) is 3.63. The third-order valence-corrected chi connectivity index (χ3v) is 9.92. The molecule has 0 aliphatic heterocycles. The molecule has 3 aliphatic carbocycles. The number of ketones is 1. The van der Waals surface area contributed by atoms with E-state index in [0.29, 0.717) is 49.9 Å². The van der Waals surface area contributed by atoms with Gasteiger partial charge in [-0.05, 0) is 106 Å². The number of furan rings is 1. The van der Waals surface area contributed by atoms with Crippen molar-refractivity contribution in [3.8, 4) is 0 Å². The molecule has 4 unspecified atom stereocenters. The van der Waals surface area contributed by atoms with Gasteiger partial charge in [-0.2, -0.15) is 0 Å². The van der Waals surface area contributed by atoms with Crippen molar-refractivity contribution in [2.45, 2.75) is 89.8 Å². The van der Waals surface area contributed by atoms with E-state index in [4.69, 9.17) is 4.42 Å². The summed E-state index contributed by atoms with van der Waals surface area (Å²) in [7, 11) is 0. The fraction of sp³-hybridized carbons (Fsp3) is 0.459. The van der Waals surface area contributed by atoms with Crippen LogP contribution in [0, 0.1) is 5.41 Å². The predicted octanol–water partition coefficient (Wildman–Crippen LogP) is 7.49. The van der Waals surface area contributed by atoms with E-state index in [2.05, 4.69) is 25.2 Å². The lowest BCUT2D eigenvalue weighted by Gasteiger charge is -2.46. The number of fused-ring (bicyclic) bond motifs is 8. The molecule has 2 amide bonds. The quantitative estimate of drug-likeness (QED) is 0.193. The highest BCUT2D eigenvalue weighted by Crippen LogP contribution is 2.59. The van der Waals surface area contributed by atoms with E-state index >= 15 is 0 Å². The predicted molar refractivity (Wildman–Crippen MR) is 173 cm³/mol. The summed E-state index contributed by atoms with van der Waals surface area (Å²) in [6.45, 7) is 6.98. The van der Waals surface area contributed by atoms with Gasteiger partial charge < -0.3 is 24.8 Å². The summed E-state index contributed by atoms with van der Waals surface area (Å²) < 4.78 is 5.54. The largest absolute Gasteiger partial charge is 0.461 e. The molecule has 3 aliphatic rings. The van der Waals surface area contributed by atoms with Crippen LogP contribution in [0.25, 0.3) is 0 Å². The fourth-order valence-corrected chi connectivity index (χ4v) is 7.30. The van der Waals surface area contributed by atoms with Crippen molar-refractivity contribution in [3.63, 3.8) is 0 Å². The maximum Gasteiger partial charge on any atom is 0.321 e. The highest BCUT2D eigenvalue weighted by atomic mass is 16.3. The van der Waals surface area contributed by atoms with Gasteiger partial charge in [0.15, 0.2) is 5.76 Å². The van der Waals surface area contributed by atoms with Crippen LogP contribution < -0.4 is 5.32 Å². The monoisotopic (exact) mass is 598 g/mol. The number of hydrogen-bond acceptors (Lipinski definition) is 5. The Morgan fingerprint density at radius 3 is 2.59 bits per heavy atom. The van der Waals surface area contributed by atoms with Crippen LogP contribution in [0.3, 0.4) is 0 Å². The number of aliphatic hydroxyl groups excluding tert-OH is 1. The minimum Gasteiger partial charge on any atom is -0.461 e. The number of urea groups is 1. The number of benzene rings is 2. The number of amides is 2. The fourth-order valence-electron chi connectivity index (χ4n) is 7.30. The number of carbonyl (C=O) groups is 2. The molecule has 7 nitrogen and oxygen atoms in total. The summed E-state index contributed by atoms with van der Waals surface area (Å²) in [5.74, 6) is -0.0557. The van der Waals surface area contributed by atoms with Crippen LogP contribution in [-0.2, 0) is 6.42 Å². The molecule has 44 heavy (non-hydrogen) atoms. The second kappa shape index (κ2) is 13.5. The lowest BCUT2D eigenvalue weighted by Crippen LogP contribution is -2.54. The SMILES string of the molecule is CCCN(CC1(O)CCC2c3ccc(cc3C(=O)c3ccco3)CC(O)CCC(C)=CCCC21C)C(=O)Nc1ccccc1. The van der Waals surface area contributed by atoms with Gasteiger partial charge >= 0.3 is 6.03 Å². The maximum absolute atomic E-state index is 13.9. The first-order chi connectivity index (χ1) is 21.1. The van der Waals surface area contributed by atoms with Crippen molar-refractivity contribution >= 4 is 17.5 Å². The topological polar surface area (TPSA) is 103 Å². The summed E-state index contributed by atoms with van der Waals surface area (Å²) in [5.41, 5.74) is 2.46. The average molecular weight is 599 g/mol. The number of nitrogens with zero attached hydrogens (tertiary/aromatic N) is 1. The Bertz CT molecular complexity index is 1470. The highest BCUT2D eigenvalue weighted by Gasteiger charge is 2.57. The zero-order chi connectivity index (χ0) is 31.3. The second-order valence-corrected chi connectivity index (χ2v) is 13.0. The first kappa shape index (κ1) is 31.7. The van der Waals surface area contributed by atoms with Gasteiger partial charge in [-0.1, -0.05) is 55.8 Å². The second-order valence-electron chi connectivity index (χ2n) is 13.0. The van der Waals surface area contributed by atoms with E-state index in [1.54, 1.807) is 17.0 Å². The van der Waals surface area contributed by atoms with E-state index in [1.807, 2.05) is 55.5 Å². The molecule has 2 bridgehead atoms. The van der Waals surface area contributed by atoms with E-state index in [-0.39, 0.29) is 30.0 Å². The molecule has 6 rings (SSSR count). The van der Waals surface area contributed by atoms with Crippen LogP contribution >= 0.6 is 0 Å². The third kappa shape index (κ3) is 6.69. The molecule has 234 valence electrons. The smallest absolute Gasteiger partial charge is 0.321 e. The molecular weight excluding hydrogens is 552 g/mol. The van der Waals surface area contributed by atoms with E-state index in [0.717, 1.165) is 30.4 Å². The molecule has 1 heterocycles. The number of allylic oxidation sites excluding steroid dienone is 2. The number of hydrogen-bond donors (Lipinski definition) is 3. The molecule has 0 spiro atoms. The summed E-state index contributed by atoms with van der Waals surface area (Å²) in [5, 5.41) is 26.5. The van der Waals surface area contributed by atoms with Crippen LogP contribution in [0.5, 0.6) is 0 Å². The molecule has 3 aromatic rings. The highest BCUT2D eigenvalue weighted by molar-refractivity contribution is 6.08. The Labute approximate surface area is 261 Å². The molecule has 2 aromatic carbocycles. The van der Waals surface area contributed by atoms with Crippen molar-refractivity contribution in [1.29, 1.82) is 0 Å². The van der Waals surface area contributed by atoms with E-state index < -0.39 is 17.1 Å². The van der Waals surface area contributed by atoms with Crippen LogP contribution in [0.15, 0.2) is 83.0 Å². The van der Waals surface area contributed by atoms with Crippen LogP contribution in [0.4, 0.5) is 10.5 Å². The van der Waals surface area contributed by atoms with Crippen molar-refractivity contribution in [2.24, 2.45) is 5.41 Å². The Morgan fingerprint density at radius 1 is 1.07 bits per heavy atom. The van der Waals surface area contributed by atoms with Gasteiger partial charge in [-0.25, -0.2) is 4.79 Å². The van der Waals surface area contributed by atoms with E-state index in [1.165, 1.54) is 11.8 Å². The lowest BCUT2D eigenvalue weighted by atomic mass is 9.64. The third-order valence-electron chi connectivity index (χ3n) is 9.92. The van der Waals surface area contributed by atoms with Crippen molar-refractivity contribution in [2.75, 3.05) is 18.4 Å². The Kier molecular flexibility index (Phi) is 9.76. The molecule has 1 aromatic heterocycles. The van der Waals surface area contributed by atoms with Gasteiger partial charge in [0, 0.05) is 23.2 Å². The molecule has 3 N–H and O–H groups in total. The van der Waals surface area contributed by atoms with Gasteiger partial charge in [-0.3, -0.25) is 4.79 Å². The van der Waals surface area contributed by atoms with Crippen LogP contribution in [-0.4, -0.2) is 51.7 Å². The molecule has 1 saturated carbocycles. The maximum atomic E-state index is 13.9. The minimum absolute atomic E-state index is 0.127. The van der Waals surface area contributed by atoms with Gasteiger partial charge in [0.25, 0.3) is 0 Å². The number of nitrogens with one attached hydrogen (secondary N) is 1. The Balaban J connectivity index is 1.55. The molecule has 4 atom stereocenters. The van der Waals surface area contributed by atoms with Gasteiger partial charge in [-0.15, -0.1) is 0 Å². The molecular formula is C37H46N2O5. The summed E-state index contributed by atoms with van der Waals surface area (Å²) >= 11 is 0. The Morgan fingerprint density at radius 2 is 1.86 bits per heavy atom. The van der Waals surface area contributed by atoms with Crippen molar-refractivity contribution < 1.29 is 24.2 Å². The molecule has 0 radical (unpaired) electrons. The standard InChI is InChI=1S/C37H46N2O5/c1-4-21-39(35(42)38-28-11-6-5-7-12-28)25-37(43)20-18-32-30-17-15-27(24-31(30)34(41)33-13-9-22-44-33)23-29(40)16-14-26(2)10-8-19-36(32,37)3/h5-7,9-13,15,17,22,24,29,32,40,43H,4,8,14,16,18-21,23,25H2,1-3H3,(H,38,42).